The molecule has 0 aromatic heterocycles. The predicted molar refractivity (Wildman–Crippen MR) is 88.6 cm³/mol. The molecule has 0 bridgehead atoms. The average Bonchev–Trinajstić information content (AvgIpc) is 2.40. The highest BCUT2D eigenvalue weighted by molar-refractivity contribution is 9.10. The molecule has 0 aliphatic carbocycles. The summed E-state index contributed by atoms with van der Waals surface area (Å²) in [6.45, 7) is 9.18. The van der Waals surface area contributed by atoms with Crippen LogP contribution >= 0.6 is 15.9 Å². The quantitative estimate of drug-likeness (QED) is 0.627. The van der Waals surface area contributed by atoms with E-state index in [0.29, 0.717) is 0 Å². The van der Waals surface area contributed by atoms with Gasteiger partial charge in [-0.25, -0.2) is 0 Å². The van der Waals surface area contributed by atoms with E-state index in [1.165, 1.54) is 35.7 Å². The van der Waals surface area contributed by atoms with E-state index in [1.54, 1.807) is 0 Å². The van der Waals surface area contributed by atoms with Crippen LogP contribution in [0.2, 0.25) is 0 Å². The summed E-state index contributed by atoms with van der Waals surface area (Å²) in [5.41, 5.74) is 1.44. The van der Waals surface area contributed by atoms with Crippen molar-refractivity contribution in [2.24, 2.45) is 11.8 Å². The molecule has 108 valence electrons. The first kappa shape index (κ1) is 16.7. The van der Waals surface area contributed by atoms with Crippen molar-refractivity contribution >= 4 is 15.9 Å². The van der Waals surface area contributed by atoms with Gasteiger partial charge in [0.25, 0.3) is 0 Å². The summed E-state index contributed by atoms with van der Waals surface area (Å²) in [7, 11) is 0. The zero-order valence-corrected chi connectivity index (χ0v) is 14.2. The molecular weight excluding hydrogens is 298 g/mol. The molecule has 2 unspecified atom stereocenters. The van der Waals surface area contributed by atoms with Gasteiger partial charge in [-0.15, -0.1) is 0 Å². The Bertz CT molecular complexity index is 351. The minimum Gasteiger partial charge on any atom is -0.316 e. The van der Waals surface area contributed by atoms with Gasteiger partial charge in [0.1, 0.15) is 0 Å². The summed E-state index contributed by atoms with van der Waals surface area (Å²) >= 11 is 3.67. The third-order valence-electron chi connectivity index (χ3n) is 3.82. The molecule has 1 aromatic carbocycles. The standard InChI is InChI=1S/C17H28BrN/c1-4-8-14(3)16(13-19-11-5-2)12-15-9-6-7-10-17(15)18/h6-7,9-10,14,16,19H,4-5,8,11-13H2,1-3H3. The lowest BCUT2D eigenvalue weighted by atomic mass is 9.85. The topological polar surface area (TPSA) is 12.0 Å². The number of hydrogen-bond acceptors (Lipinski definition) is 1. The maximum atomic E-state index is 3.67. The van der Waals surface area contributed by atoms with Gasteiger partial charge < -0.3 is 5.32 Å². The Hall–Kier alpha value is -0.340. The van der Waals surface area contributed by atoms with Crippen LogP contribution in [-0.2, 0) is 6.42 Å². The first-order chi connectivity index (χ1) is 9.19. The summed E-state index contributed by atoms with van der Waals surface area (Å²) in [5.74, 6) is 1.51. The van der Waals surface area contributed by atoms with Crippen LogP contribution in [0.15, 0.2) is 28.7 Å². The molecule has 2 atom stereocenters. The third kappa shape index (κ3) is 6.09. The molecule has 0 aliphatic rings. The Labute approximate surface area is 127 Å². The highest BCUT2D eigenvalue weighted by atomic mass is 79.9. The van der Waals surface area contributed by atoms with Gasteiger partial charge in [-0.3, -0.25) is 0 Å². The fourth-order valence-corrected chi connectivity index (χ4v) is 3.02. The van der Waals surface area contributed by atoms with Crippen LogP contribution in [-0.4, -0.2) is 13.1 Å². The first-order valence-electron chi connectivity index (χ1n) is 7.63. The molecule has 1 aromatic rings. The maximum absolute atomic E-state index is 3.67. The van der Waals surface area contributed by atoms with Crippen molar-refractivity contribution in [2.75, 3.05) is 13.1 Å². The minimum absolute atomic E-state index is 0.727. The molecular formula is C17H28BrN. The summed E-state index contributed by atoms with van der Waals surface area (Å²) in [6, 6.07) is 8.63. The fourth-order valence-electron chi connectivity index (χ4n) is 2.58. The van der Waals surface area contributed by atoms with Crippen molar-refractivity contribution in [1.29, 1.82) is 0 Å². The van der Waals surface area contributed by atoms with Crippen molar-refractivity contribution in [3.05, 3.63) is 34.3 Å². The zero-order chi connectivity index (χ0) is 14.1. The first-order valence-corrected chi connectivity index (χ1v) is 8.42. The van der Waals surface area contributed by atoms with E-state index in [-0.39, 0.29) is 0 Å². The van der Waals surface area contributed by atoms with Crippen LogP contribution in [0.25, 0.3) is 0 Å². The summed E-state index contributed by atoms with van der Waals surface area (Å²) < 4.78 is 1.25. The average molecular weight is 326 g/mol. The highest BCUT2D eigenvalue weighted by Gasteiger charge is 2.17. The molecule has 1 rings (SSSR count). The van der Waals surface area contributed by atoms with Crippen LogP contribution in [0.5, 0.6) is 0 Å². The van der Waals surface area contributed by atoms with Crippen molar-refractivity contribution in [1.82, 2.24) is 5.32 Å². The number of halogens is 1. The Kier molecular flexibility index (Phi) is 8.40. The van der Waals surface area contributed by atoms with E-state index < -0.39 is 0 Å². The fraction of sp³-hybridized carbons (Fsp3) is 0.647. The van der Waals surface area contributed by atoms with E-state index >= 15 is 0 Å². The summed E-state index contributed by atoms with van der Waals surface area (Å²) in [5, 5.41) is 3.60. The number of nitrogens with one attached hydrogen (secondary N) is 1. The van der Waals surface area contributed by atoms with Crippen LogP contribution in [0.1, 0.15) is 45.6 Å². The second kappa shape index (κ2) is 9.55. The van der Waals surface area contributed by atoms with Gasteiger partial charge in [0.2, 0.25) is 0 Å². The molecule has 0 aliphatic heterocycles. The molecule has 1 N–H and O–H groups in total. The van der Waals surface area contributed by atoms with Gasteiger partial charge in [-0.05, 0) is 49.4 Å². The Morgan fingerprint density at radius 1 is 1.16 bits per heavy atom. The molecule has 0 amide bonds. The predicted octanol–water partition coefficient (Wildman–Crippen LogP) is 5.04. The van der Waals surface area contributed by atoms with Crippen LogP contribution < -0.4 is 5.32 Å². The monoisotopic (exact) mass is 325 g/mol. The number of benzene rings is 1. The SMILES string of the molecule is CCCNCC(Cc1ccccc1Br)C(C)CCC. The molecule has 19 heavy (non-hydrogen) atoms. The van der Waals surface area contributed by atoms with E-state index in [0.717, 1.165) is 24.9 Å². The summed E-state index contributed by atoms with van der Waals surface area (Å²) in [6.07, 6.45) is 4.98. The lowest BCUT2D eigenvalue weighted by Crippen LogP contribution is -2.29. The molecule has 0 fully saturated rings. The zero-order valence-electron chi connectivity index (χ0n) is 12.6. The highest BCUT2D eigenvalue weighted by Crippen LogP contribution is 2.25. The van der Waals surface area contributed by atoms with E-state index in [2.05, 4.69) is 66.3 Å². The molecule has 1 nitrogen and oxygen atoms in total. The van der Waals surface area contributed by atoms with Gasteiger partial charge in [-0.2, -0.15) is 0 Å². The maximum Gasteiger partial charge on any atom is 0.0207 e. The lowest BCUT2D eigenvalue weighted by molar-refractivity contribution is 0.318. The van der Waals surface area contributed by atoms with E-state index in [1.807, 2.05) is 0 Å². The van der Waals surface area contributed by atoms with Crippen molar-refractivity contribution < 1.29 is 0 Å². The number of hydrogen-bond donors (Lipinski definition) is 1. The minimum atomic E-state index is 0.727. The van der Waals surface area contributed by atoms with E-state index in [9.17, 15) is 0 Å². The lowest BCUT2D eigenvalue weighted by Gasteiger charge is -2.25. The summed E-state index contributed by atoms with van der Waals surface area (Å²) in [4.78, 5) is 0. The second-order valence-electron chi connectivity index (χ2n) is 5.53. The normalized spacial score (nSPS) is 14.3. The third-order valence-corrected chi connectivity index (χ3v) is 4.60. The Morgan fingerprint density at radius 3 is 2.53 bits per heavy atom. The molecule has 0 radical (unpaired) electrons. The van der Waals surface area contributed by atoms with Gasteiger partial charge in [-0.1, -0.05) is 67.7 Å². The van der Waals surface area contributed by atoms with Crippen molar-refractivity contribution in [3.8, 4) is 0 Å². The second-order valence-corrected chi connectivity index (χ2v) is 6.38. The molecule has 0 heterocycles. The molecule has 0 spiro atoms. The van der Waals surface area contributed by atoms with Gasteiger partial charge in [0, 0.05) is 4.47 Å². The van der Waals surface area contributed by atoms with Crippen molar-refractivity contribution in [3.63, 3.8) is 0 Å². The molecule has 2 heteroatoms. The number of rotatable bonds is 9. The van der Waals surface area contributed by atoms with Gasteiger partial charge >= 0.3 is 0 Å². The van der Waals surface area contributed by atoms with E-state index in [4.69, 9.17) is 0 Å². The van der Waals surface area contributed by atoms with Crippen LogP contribution in [0, 0.1) is 11.8 Å². The smallest absolute Gasteiger partial charge is 0.0207 e. The molecule has 0 saturated carbocycles. The van der Waals surface area contributed by atoms with Crippen LogP contribution in [0.3, 0.4) is 0 Å². The largest absolute Gasteiger partial charge is 0.316 e. The van der Waals surface area contributed by atoms with Crippen molar-refractivity contribution in [2.45, 2.75) is 46.5 Å². The van der Waals surface area contributed by atoms with Crippen LogP contribution in [0.4, 0.5) is 0 Å². The Balaban J connectivity index is 2.64. The molecule has 0 saturated heterocycles. The van der Waals surface area contributed by atoms with Gasteiger partial charge in [0.15, 0.2) is 0 Å². The Morgan fingerprint density at radius 2 is 1.89 bits per heavy atom. The van der Waals surface area contributed by atoms with Gasteiger partial charge in [0.05, 0.1) is 0 Å².